The van der Waals surface area contributed by atoms with E-state index in [-0.39, 0.29) is 24.4 Å². The third-order valence-electron chi connectivity index (χ3n) is 5.75. The van der Waals surface area contributed by atoms with Gasteiger partial charge in [-0.15, -0.1) is 0 Å². The Hall–Kier alpha value is -2.69. The number of fused-ring (bicyclic) bond motifs is 1. The van der Waals surface area contributed by atoms with Gasteiger partial charge in [0.1, 0.15) is 5.75 Å². The molecule has 1 N–H and O–H groups in total. The molecule has 5 nitrogen and oxygen atoms in total. The molecule has 2 unspecified atom stereocenters. The predicted octanol–water partition coefficient (Wildman–Crippen LogP) is 4.21. The summed E-state index contributed by atoms with van der Waals surface area (Å²) in [5, 5.41) is 10.6. The molecule has 28 heavy (non-hydrogen) atoms. The smallest absolute Gasteiger partial charge is 0.231 e. The molecule has 148 valence electrons. The van der Waals surface area contributed by atoms with Crippen molar-refractivity contribution >= 4 is 5.91 Å². The molecule has 0 aromatic heterocycles. The lowest BCUT2D eigenvalue weighted by Gasteiger charge is -2.32. The number of hydrogen-bond acceptors (Lipinski definition) is 4. The van der Waals surface area contributed by atoms with Gasteiger partial charge in [0.05, 0.1) is 0 Å². The third kappa shape index (κ3) is 3.79. The second kappa shape index (κ2) is 7.74. The Balaban J connectivity index is 1.66. The van der Waals surface area contributed by atoms with Crippen molar-refractivity contribution in [3.8, 4) is 17.2 Å². The number of nitrogens with zero attached hydrogens (tertiary/aromatic N) is 1. The van der Waals surface area contributed by atoms with Crippen LogP contribution in [0, 0.1) is 12.8 Å². The quantitative estimate of drug-likeness (QED) is 0.862. The van der Waals surface area contributed by atoms with Crippen LogP contribution in [0.4, 0.5) is 0 Å². The lowest BCUT2D eigenvalue weighted by molar-refractivity contribution is -0.133. The third-order valence-corrected chi connectivity index (χ3v) is 5.75. The largest absolute Gasteiger partial charge is 0.508 e. The van der Waals surface area contributed by atoms with Crippen LogP contribution in [0.5, 0.6) is 17.2 Å². The fourth-order valence-electron chi connectivity index (χ4n) is 4.21. The van der Waals surface area contributed by atoms with Gasteiger partial charge in [-0.05, 0) is 55.0 Å². The maximum atomic E-state index is 13.1. The van der Waals surface area contributed by atoms with E-state index >= 15 is 0 Å². The first-order valence-electron chi connectivity index (χ1n) is 9.98. The van der Waals surface area contributed by atoms with Gasteiger partial charge in [0.25, 0.3) is 0 Å². The summed E-state index contributed by atoms with van der Waals surface area (Å²) in [4.78, 5) is 15.1. The zero-order valence-corrected chi connectivity index (χ0v) is 16.5. The van der Waals surface area contributed by atoms with Crippen LogP contribution in [0.1, 0.15) is 48.8 Å². The van der Waals surface area contributed by atoms with Gasteiger partial charge < -0.3 is 19.5 Å². The summed E-state index contributed by atoms with van der Waals surface area (Å²) in [5.74, 6) is 2.06. The first kappa shape index (κ1) is 18.7. The van der Waals surface area contributed by atoms with E-state index in [0.717, 1.165) is 36.2 Å². The van der Waals surface area contributed by atoms with Gasteiger partial charge in [0, 0.05) is 31.0 Å². The molecule has 0 saturated carbocycles. The second-order valence-corrected chi connectivity index (χ2v) is 8.02. The Bertz CT molecular complexity index is 879. The molecule has 4 rings (SSSR count). The highest BCUT2D eigenvalue weighted by atomic mass is 16.7. The highest BCUT2D eigenvalue weighted by molar-refractivity contribution is 5.78. The van der Waals surface area contributed by atoms with Gasteiger partial charge in [-0.3, -0.25) is 4.79 Å². The van der Waals surface area contributed by atoms with E-state index < -0.39 is 0 Å². The van der Waals surface area contributed by atoms with Crippen molar-refractivity contribution < 1.29 is 19.4 Å². The van der Waals surface area contributed by atoms with E-state index in [4.69, 9.17) is 9.47 Å². The number of aryl methyl sites for hydroxylation is 1. The van der Waals surface area contributed by atoms with E-state index in [2.05, 4.69) is 6.92 Å². The van der Waals surface area contributed by atoms with Crippen LogP contribution in [0.25, 0.3) is 0 Å². The van der Waals surface area contributed by atoms with Crippen LogP contribution in [-0.2, 0) is 4.79 Å². The summed E-state index contributed by atoms with van der Waals surface area (Å²) >= 11 is 0. The number of carbonyl (C=O) groups excluding carboxylic acids is 1. The van der Waals surface area contributed by atoms with Gasteiger partial charge >= 0.3 is 0 Å². The topological polar surface area (TPSA) is 59.0 Å². The number of ether oxygens (including phenoxy) is 2. The molecule has 2 aromatic carbocycles. The lowest BCUT2D eigenvalue weighted by atomic mass is 9.86. The Morgan fingerprint density at radius 3 is 2.82 bits per heavy atom. The number of likely N-dealkylation sites (tertiary alicyclic amines) is 1. The monoisotopic (exact) mass is 381 g/mol. The number of phenols is 1. The molecule has 2 aliphatic heterocycles. The molecule has 2 aromatic rings. The fourth-order valence-corrected chi connectivity index (χ4v) is 4.21. The van der Waals surface area contributed by atoms with Gasteiger partial charge in [0.2, 0.25) is 12.7 Å². The maximum Gasteiger partial charge on any atom is 0.231 e. The Labute approximate surface area is 165 Å². The van der Waals surface area contributed by atoms with Gasteiger partial charge in [-0.1, -0.05) is 25.1 Å². The average Bonchev–Trinajstić information content (AvgIpc) is 3.14. The lowest BCUT2D eigenvalue weighted by Crippen LogP contribution is -2.39. The molecule has 0 bridgehead atoms. The van der Waals surface area contributed by atoms with Crippen molar-refractivity contribution in [2.24, 2.45) is 5.92 Å². The number of aromatic hydroxyl groups is 1. The van der Waals surface area contributed by atoms with Crippen molar-refractivity contribution in [3.05, 3.63) is 53.1 Å². The normalized spacial score (nSPS) is 19.5. The molecule has 0 aliphatic carbocycles. The SMILES string of the molecule is Cc1ccc(C(CC(=O)N2CCCC(C)C2)c2ccc3c(c2)OCO3)c(O)c1. The highest BCUT2D eigenvalue weighted by Crippen LogP contribution is 2.40. The van der Waals surface area contributed by atoms with Gasteiger partial charge in [0.15, 0.2) is 11.5 Å². The minimum atomic E-state index is -0.236. The highest BCUT2D eigenvalue weighted by Gasteiger charge is 2.28. The van der Waals surface area contributed by atoms with E-state index in [0.29, 0.717) is 23.8 Å². The summed E-state index contributed by atoms with van der Waals surface area (Å²) in [6.07, 6.45) is 2.55. The summed E-state index contributed by atoms with van der Waals surface area (Å²) in [6, 6.07) is 11.4. The van der Waals surface area contributed by atoms with Crippen LogP contribution in [0.2, 0.25) is 0 Å². The van der Waals surface area contributed by atoms with Crippen LogP contribution >= 0.6 is 0 Å². The molecule has 0 spiro atoms. The minimum Gasteiger partial charge on any atom is -0.508 e. The zero-order chi connectivity index (χ0) is 19.7. The first-order chi connectivity index (χ1) is 13.5. The molecule has 2 aliphatic rings. The molecule has 0 radical (unpaired) electrons. The average molecular weight is 381 g/mol. The van der Waals surface area contributed by atoms with E-state index in [1.54, 1.807) is 6.07 Å². The Morgan fingerprint density at radius 2 is 2.04 bits per heavy atom. The summed E-state index contributed by atoms with van der Waals surface area (Å²) in [6.45, 7) is 5.98. The number of carbonyl (C=O) groups is 1. The zero-order valence-electron chi connectivity index (χ0n) is 16.5. The molecule has 2 heterocycles. The van der Waals surface area contributed by atoms with E-state index in [1.165, 1.54) is 6.42 Å². The molecule has 2 atom stereocenters. The van der Waals surface area contributed by atoms with Crippen LogP contribution in [0.3, 0.4) is 0 Å². The molecule has 1 amide bonds. The summed E-state index contributed by atoms with van der Waals surface area (Å²) in [5.41, 5.74) is 2.70. The number of amides is 1. The summed E-state index contributed by atoms with van der Waals surface area (Å²) < 4.78 is 10.9. The molecule has 1 saturated heterocycles. The van der Waals surface area contributed by atoms with Crippen LogP contribution in [0.15, 0.2) is 36.4 Å². The van der Waals surface area contributed by atoms with E-state index in [9.17, 15) is 9.90 Å². The van der Waals surface area contributed by atoms with Gasteiger partial charge in [-0.25, -0.2) is 0 Å². The van der Waals surface area contributed by atoms with Crippen molar-refractivity contribution in [2.75, 3.05) is 19.9 Å². The number of piperidine rings is 1. The summed E-state index contributed by atoms with van der Waals surface area (Å²) in [7, 11) is 0. The number of hydrogen-bond donors (Lipinski definition) is 1. The maximum absolute atomic E-state index is 13.1. The molecular formula is C23H27NO4. The van der Waals surface area contributed by atoms with Crippen LogP contribution in [-0.4, -0.2) is 35.8 Å². The second-order valence-electron chi connectivity index (χ2n) is 8.02. The van der Waals surface area contributed by atoms with Crippen molar-refractivity contribution in [1.82, 2.24) is 4.90 Å². The van der Waals surface area contributed by atoms with Crippen LogP contribution < -0.4 is 9.47 Å². The molecular weight excluding hydrogens is 354 g/mol. The number of rotatable bonds is 4. The number of benzene rings is 2. The Morgan fingerprint density at radius 1 is 1.21 bits per heavy atom. The van der Waals surface area contributed by atoms with E-state index in [1.807, 2.05) is 42.2 Å². The van der Waals surface area contributed by atoms with Gasteiger partial charge in [-0.2, -0.15) is 0 Å². The minimum absolute atomic E-state index is 0.134. The van der Waals surface area contributed by atoms with Crippen molar-refractivity contribution in [2.45, 2.75) is 39.0 Å². The molecule has 5 heteroatoms. The number of phenolic OH excluding ortho intramolecular Hbond substituents is 1. The van der Waals surface area contributed by atoms with Crippen molar-refractivity contribution in [1.29, 1.82) is 0 Å². The van der Waals surface area contributed by atoms with Crippen molar-refractivity contribution in [3.63, 3.8) is 0 Å². The Kier molecular flexibility index (Phi) is 5.16. The fraction of sp³-hybridized carbons (Fsp3) is 0.435. The first-order valence-corrected chi connectivity index (χ1v) is 9.98. The standard InChI is InChI=1S/C23H27NO4/c1-15-5-7-18(20(25)10-15)19(12-23(26)24-9-3-4-16(2)13-24)17-6-8-21-22(11-17)28-14-27-21/h5-8,10-11,16,19,25H,3-4,9,12-14H2,1-2H3. The predicted molar refractivity (Wildman–Crippen MR) is 107 cm³/mol. The molecule has 1 fully saturated rings.